The molecule has 4 rings (SSSR count). The first kappa shape index (κ1) is 16.0. The number of nitrogens with zero attached hydrogens (tertiary/aromatic N) is 3. The van der Waals surface area contributed by atoms with Crippen molar-refractivity contribution in [3.05, 3.63) is 70.9 Å². The zero-order valence-electron chi connectivity index (χ0n) is 13.9. The molecule has 2 aromatic carbocycles. The molecule has 0 atom stereocenters. The average molecular weight is 350 g/mol. The number of carbonyl (C=O) groups is 1. The number of halogens is 1. The third-order valence-corrected chi connectivity index (χ3v) is 4.36. The molecule has 1 N–H and O–H groups in total. The molecular weight excluding hydrogens is 335 g/mol. The number of nitrogens with one attached hydrogen (secondary N) is 1. The summed E-state index contributed by atoms with van der Waals surface area (Å²) in [6.07, 6.45) is 3.45. The van der Waals surface area contributed by atoms with Crippen LogP contribution >= 0.6 is 0 Å². The summed E-state index contributed by atoms with van der Waals surface area (Å²) >= 11 is 0. The van der Waals surface area contributed by atoms with E-state index in [1.54, 1.807) is 53.0 Å². The quantitative estimate of drug-likeness (QED) is 0.576. The molecule has 0 aliphatic heterocycles. The molecule has 7 heteroatoms. The van der Waals surface area contributed by atoms with Gasteiger partial charge >= 0.3 is 0 Å². The van der Waals surface area contributed by atoms with Crippen LogP contribution in [0.15, 0.2) is 59.7 Å². The Labute approximate surface area is 147 Å². The van der Waals surface area contributed by atoms with Crippen LogP contribution in [0, 0.1) is 5.82 Å². The number of pyridine rings is 1. The molecule has 0 saturated carbocycles. The minimum absolute atomic E-state index is 0.0119. The maximum Gasteiger partial charge on any atom is 0.239 e. The molecule has 130 valence electrons. The van der Waals surface area contributed by atoms with Gasteiger partial charge in [-0.2, -0.15) is 5.10 Å². The van der Waals surface area contributed by atoms with E-state index < -0.39 is 5.82 Å². The highest BCUT2D eigenvalue weighted by molar-refractivity contribution is 5.95. The van der Waals surface area contributed by atoms with Crippen molar-refractivity contribution in [3.63, 3.8) is 0 Å². The number of amides is 1. The Morgan fingerprint density at radius 1 is 1.15 bits per heavy atom. The van der Waals surface area contributed by atoms with E-state index in [1.807, 2.05) is 0 Å². The molecule has 0 fully saturated rings. The van der Waals surface area contributed by atoms with Crippen LogP contribution in [0.5, 0.6) is 0 Å². The summed E-state index contributed by atoms with van der Waals surface area (Å²) in [5.41, 5.74) is 1.58. The minimum Gasteiger partial charge on any atom is -0.358 e. The molecule has 0 spiro atoms. The number of rotatable bonds is 3. The van der Waals surface area contributed by atoms with Crippen LogP contribution in [0.2, 0.25) is 0 Å². The van der Waals surface area contributed by atoms with Gasteiger partial charge < -0.3 is 9.88 Å². The van der Waals surface area contributed by atoms with E-state index >= 15 is 0 Å². The van der Waals surface area contributed by atoms with Crippen LogP contribution in [0.1, 0.15) is 0 Å². The highest BCUT2D eigenvalue weighted by Gasteiger charge is 2.14. The van der Waals surface area contributed by atoms with Crippen LogP contribution in [0.25, 0.3) is 27.5 Å². The van der Waals surface area contributed by atoms with Crippen molar-refractivity contribution in [2.24, 2.45) is 0 Å². The normalized spacial score (nSPS) is 11.2. The van der Waals surface area contributed by atoms with E-state index in [0.29, 0.717) is 16.4 Å². The second-order valence-electron chi connectivity index (χ2n) is 5.90. The molecular formula is C19H15FN4O2. The van der Waals surface area contributed by atoms with Gasteiger partial charge in [0.25, 0.3) is 0 Å². The van der Waals surface area contributed by atoms with Crippen molar-refractivity contribution in [2.75, 3.05) is 7.05 Å². The van der Waals surface area contributed by atoms with E-state index in [2.05, 4.69) is 10.4 Å². The molecule has 1 amide bonds. The van der Waals surface area contributed by atoms with Crippen LogP contribution in [-0.2, 0) is 11.3 Å². The third-order valence-electron chi connectivity index (χ3n) is 4.36. The first-order valence-electron chi connectivity index (χ1n) is 8.05. The lowest BCUT2D eigenvalue weighted by Gasteiger charge is -2.15. The number of hydrogen-bond acceptors (Lipinski definition) is 3. The van der Waals surface area contributed by atoms with Gasteiger partial charge in [-0.15, -0.1) is 0 Å². The van der Waals surface area contributed by atoms with Crippen LogP contribution in [-0.4, -0.2) is 27.3 Å². The molecule has 0 saturated heterocycles. The smallest absolute Gasteiger partial charge is 0.239 e. The highest BCUT2D eigenvalue weighted by atomic mass is 19.1. The van der Waals surface area contributed by atoms with Gasteiger partial charge in [0, 0.05) is 30.2 Å². The van der Waals surface area contributed by atoms with Crippen molar-refractivity contribution in [1.29, 1.82) is 0 Å². The molecule has 2 heterocycles. The fourth-order valence-corrected chi connectivity index (χ4v) is 3.09. The van der Waals surface area contributed by atoms with Gasteiger partial charge in [-0.05, 0) is 42.5 Å². The molecule has 0 aliphatic rings. The summed E-state index contributed by atoms with van der Waals surface area (Å²) < 4.78 is 17.1. The molecule has 26 heavy (non-hydrogen) atoms. The SMILES string of the molecule is CNC(=O)Cn1c2ccc(F)cc2c(=O)c2ccc(-n3cccn3)cc21. The number of fused-ring (bicyclic) bond motifs is 2. The third kappa shape index (κ3) is 2.54. The van der Waals surface area contributed by atoms with Crippen molar-refractivity contribution >= 4 is 27.7 Å². The van der Waals surface area contributed by atoms with Gasteiger partial charge in [-0.3, -0.25) is 9.59 Å². The number of benzene rings is 2. The van der Waals surface area contributed by atoms with Crippen LogP contribution in [0.3, 0.4) is 0 Å². The van der Waals surface area contributed by atoms with Gasteiger partial charge in [-0.1, -0.05) is 0 Å². The Balaban J connectivity index is 2.10. The lowest BCUT2D eigenvalue weighted by Crippen LogP contribution is -2.25. The maximum atomic E-state index is 13.7. The van der Waals surface area contributed by atoms with Gasteiger partial charge in [0.2, 0.25) is 5.91 Å². The second-order valence-corrected chi connectivity index (χ2v) is 5.90. The van der Waals surface area contributed by atoms with Crippen molar-refractivity contribution in [2.45, 2.75) is 6.54 Å². The predicted octanol–water partition coefficient (Wildman–Crippen LogP) is 2.23. The number of carbonyl (C=O) groups excluding carboxylic acids is 1. The summed E-state index contributed by atoms with van der Waals surface area (Å²) in [5.74, 6) is -0.710. The van der Waals surface area contributed by atoms with Crippen LogP contribution < -0.4 is 10.7 Å². The van der Waals surface area contributed by atoms with Crippen molar-refractivity contribution in [3.8, 4) is 5.69 Å². The Bertz CT molecular complexity index is 1200. The highest BCUT2D eigenvalue weighted by Crippen LogP contribution is 2.22. The number of likely N-dealkylation sites (N-methyl/N-ethyl adjacent to an activating group) is 1. The molecule has 6 nitrogen and oxygen atoms in total. The van der Waals surface area contributed by atoms with Crippen molar-refractivity contribution < 1.29 is 9.18 Å². The average Bonchev–Trinajstić information content (AvgIpc) is 3.19. The van der Waals surface area contributed by atoms with E-state index in [9.17, 15) is 14.0 Å². The summed E-state index contributed by atoms with van der Waals surface area (Å²) in [5, 5.41) is 7.44. The van der Waals surface area contributed by atoms with E-state index in [-0.39, 0.29) is 23.3 Å². The summed E-state index contributed by atoms with van der Waals surface area (Å²) in [4.78, 5) is 24.9. The van der Waals surface area contributed by atoms with Crippen LogP contribution in [0.4, 0.5) is 4.39 Å². The summed E-state index contributed by atoms with van der Waals surface area (Å²) in [6.45, 7) is 0.0119. The fraction of sp³-hybridized carbons (Fsp3) is 0.105. The Hall–Kier alpha value is -3.48. The molecule has 0 radical (unpaired) electrons. The monoisotopic (exact) mass is 350 g/mol. The first-order valence-corrected chi connectivity index (χ1v) is 8.05. The lowest BCUT2D eigenvalue weighted by molar-refractivity contribution is -0.121. The molecule has 4 aromatic rings. The number of aromatic nitrogens is 3. The number of hydrogen-bond donors (Lipinski definition) is 1. The largest absolute Gasteiger partial charge is 0.358 e. The minimum atomic E-state index is -0.492. The van der Waals surface area contributed by atoms with Gasteiger partial charge in [0.05, 0.1) is 16.7 Å². The zero-order valence-corrected chi connectivity index (χ0v) is 13.9. The first-order chi connectivity index (χ1) is 12.6. The van der Waals surface area contributed by atoms with E-state index in [4.69, 9.17) is 0 Å². The topological polar surface area (TPSA) is 68.9 Å². The van der Waals surface area contributed by atoms with Gasteiger partial charge in [-0.25, -0.2) is 9.07 Å². The summed E-state index contributed by atoms with van der Waals surface area (Å²) in [6, 6.07) is 11.1. The van der Waals surface area contributed by atoms with Gasteiger partial charge in [0.1, 0.15) is 12.4 Å². The molecule has 2 aromatic heterocycles. The lowest BCUT2D eigenvalue weighted by atomic mass is 10.1. The maximum absolute atomic E-state index is 13.7. The zero-order chi connectivity index (χ0) is 18.3. The second kappa shape index (κ2) is 6.11. The van der Waals surface area contributed by atoms with Gasteiger partial charge in [0.15, 0.2) is 5.43 Å². The Morgan fingerprint density at radius 2 is 2.00 bits per heavy atom. The van der Waals surface area contributed by atoms with Crippen molar-refractivity contribution in [1.82, 2.24) is 19.7 Å². The fourth-order valence-electron chi connectivity index (χ4n) is 3.09. The molecule has 0 aliphatic carbocycles. The van der Waals surface area contributed by atoms with E-state index in [1.165, 1.54) is 18.2 Å². The predicted molar refractivity (Wildman–Crippen MR) is 96.9 cm³/mol. The Kier molecular flexibility index (Phi) is 3.76. The molecule has 0 bridgehead atoms. The van der Waals surface area contributed by atoms with E-state index in [0.717, 1.165) is 5.69 Å². The molecule has 0 unspecified atom stereocenters. The summed E-state index contributed by atoms with van der Waals surface area (Å²) in [7, 11) is 1.55. The Morgan fingerprint density at radius 3 is 2.73 bits per heavy atom. The standard InChI is InChI=1S/C19H15FN4O2/c1-21-18(25)11-23-16-6-3-12(20)9-15(16)19(26)14-5-4-13(10-17(14)23)24-8-2-7-22-24/h2-10H,11H2,1H3,(H,21,25).